The second-order valence-corrected chi connectivity index (χ2v) is 8.27. The van der Waals surface area contributed by atoms with Crippen LogP contribution in [-0.2, 0) is 12.2 Å². The van der Waals surface area contributed by atoms with E-state index in [1.807, 2.05) is 19.1 Å². The van der Waals surface area contributed by atoms with Crippen LogP contribution in [0.25, 0.3) is 22.4 Å². The minimum absolute atomic E-state index is 0.401. The Morgan fingerprint density at radius 3 is 2.77 bits per heavy atom. The number of aromatic amines is 1. The van der Waals surface area contributed by atoms with Gasteiger partial charge in [0.15, 0.2) is 5.82 Å². The van der Waals surface area contributed by atoms with E-state index in [1.54, 1.807) is 25.3 Å². The molecular weight excluding hydrogens is 445 g/mol. The summed E-state index contributed by atoms with van der Waals surface area (Å²) in [4.78, 5) is 16.5. The molecule has 0 aliphatic heterocycles. The predicted molar refractivity (Wildman–Crippen MR) is 120 cm³/mol. The van der Waals surface area contributed by atoms with Crippen molar-refractivity contribution >= 4 is 45.9 Å². The maximum atomic E-state index is 12.0. The zero-order chi connectivity index (χ0) is 21.3. The zero-order valence-corrected chi connectivity index (χ0v) is 18.5. The second kappa shape index (κ2) is 8.71. The topological polar surface area (TPSA) is 81.0 Å². The molecule has 0 saturated carbocycles. The Hall–Kier alpha value is -2.48. The smallest absolute Gasteiger partial charge is 0.336 e. The van der Waals surface area contributed by atoms with Crippen molar-refractivity contribution in [2.45, 2.75) is 24.3 Å². The first-order valence-corrected chi connectivity index (χ1v) is 10.9. The summed E-state index contributed by atoms with van der Waals surface area (Å²) in [5.74, 6) is 1.67. The predicted octanol–water partition coefficient (Wildman–Crippen LogP) is 5.75. The highest BCUT2D eigenvalue weighted by molar-refractivity contribution is 7.98. The molecule has 0 amide bonds. The van der Waals surface area contributed by atoms with Crippen LogP contribution in [0.1, 0.15) is 18.1 Å². The Kier molecular flexibility index (Phi) is 6.04. The molecule has 9 heteroatoms. The van der Waals surface area contributed by atoms with Gasteiger partial charge in [-0.2, -0.15) is 0 Å². The molecule has 4 aromatic rings. The van der Waals surface area contributed by atoms with Crippen molar-refractivity contribution in [1.29, 1.82) is 0 Å². The molecule has 0 fully saturated rings. The summed E-state index contributed by atoms with van der Waals surface area (Å²) in [6.07, 6.45) is 0.754. The number of benzene rings is 2. The van der Waals surface area contributed by atoms with E-state index in [0.29, 0.717) is 43.7 Å². The van der Waals surface area contributed by atoms with Crippen molar-refractivity contribution in [3.8, 4) is 17.1 Å². The number of rotatable bonds is 6. The van der Waals surface area contributed by atoms with Gasteiger partial charge in [0.2, 0.25) is 5.16 Å². The highest BCUT2D eigenvalue weighted by Crippen LogP contribution is 2.33. The van der Waals surface area contributed by atoms with E-state index in [4.69, 9.17) is 32.4 Å². The van der Waals surface area contributed by atoms with Crippen molar-refractivity contribution in [2.24, 2.45) is 0 Å². The van der Waals surface area contributed by atoms with Crippen molar-refractivity contribution in [2.75, 3.05) is 7.11 Å². The highest BCUT2D eigenvalue weighted by atomic mass is 35.5. The van der Waals surface area contributed by atoms with Gasteiger partial charge < -0.3 is 9.15 Å². The maximum absolute atomic E-state index is 12.0. The average Bonchev–Trinajstić information content (AvgIpc) is 3.21. The number of aromatic nitrogens is 3. The minimum atomic E-state index is -0.401. The Labute approximate surface area is 186 Å². The molecule has 0 bridgehead atoms. The largest absolute Gasteiger partial charge is 0.496 e. The molecule has 2 aromatic carbocycles. The number of methoxy groups -OCH3 is 1. The molecular formula is C21H17Cl2N3O3S. The molecule has 0 unspecified atom stereocenters. The Balaban J connectivity index is 1.62. The molecule has 0 saturated heterocycles. The molecule has 30 heavy (non-hydrogen) atoms. The Morgan fingerprint density at radius 1 is 1.17 bits per heavy atom. The van der Waals surface area contributed by atoms with E-state index < -0.39 is 5.63 Å². The number of ether oxygens (including phenoxy) is 1. The summed E-state index contributed by atoms with van der Waals surface area (Å²) in [6.45, 7) is 2.00. The van der Waals surface area contributed by atoms with Gasteiger partial charge in [0, 0.05) is 27.3 Å². The highest BCUT2D eigenvalue weighted by Gasteiger charge is 2.14. The van der Waals surface area contributed by atoms with Crippen LogP contribution in [0, 0.1) is 0 Å². The SMILES string of the molecule is CCc1cc2oc(=O)cc(CSc3n[nH]c(-c4cc(Cl)ccc4OC)n3)c2cc1Cl. The summed E-state index contributed by atoms with van der Waals surface area (Å²) < 4.78 is 10.7. The number of hydrogen-bond donors (Lipinski definition) is 1. The maximum Gasteiger partial charge on any atom is 0.336 e. The Bertz CT molecular complexity index is 1290. The molecule has 0 aliphatic carbocycles. The number of nitrogens with one attached hydrogen (secondary N) is 1. The molecule has 154 valence electrons. The van der Waals surface area contributed by atoms with Crippen molar-refractivity contribution < 1.29 is 9.15 Å². The number of aryl methyl sites for hydroxylation is 1. The van der Waals surface area contributed by atoms with Gasteiger partial charge in [-0.3, -0.25) is 5.10 Å². The van der Waals surface area contributed by atoms with E-state index in [2.05, 4.69) is 15.2 Å². The lowest BCUT2D eigenvalue weighted by Crippen LogP contribution is -2.00. The van der Waals surface area contributed by atoms with Crippen LogP contribution in [0.5, 0.6) is 5.75 Å². The molecule has 2 aromatic heterocycles. The lowest BCUT2D eigenvalue weighted by Gasteiger charge is -2.07. The number of nitrogens with zero attached hydrogens (tertiary/aromatic N) is 2. The van der Waals surface area contributed by atoms with Gasteiger partial charge in [-0.25, -0.2) is 9.78 Å². The summed E-state index contributed by atoms with van der Waals surface area (Å²) in [5, 5.41) is 9.73. The van der Waals surface area contributed by atoms with Crippen LogP contribution in [0.2, 0.25) is 10.0 Å². The molecule has 2 heterocycles. The second-order valence-electron chi connectivity index (χ2n) is 6.48. The number of H-pyrrole nitrogens is 1. The van der Waals surface area contributed by atoms with Gasteiger partial charge in [0.1, 0.15) is 11.3 Å². The van der Waals surface area contributed by atoms with Crippen molar-refractivity contribution in [3.63, 3.8) is 0 Å². The van der Waals surface area contributed by atoms with Crippen molar-refractivity contribution in [3.05, 3.63) is 68.0 Å². The molecule has 0 aliphatic rings. The quantitative estimate of drug-likeness (QED) is 0.290. The standard InChI is InChI=1S/C21H17Cl2N3O3S/c1-3-11-6-18-14(9-16(11)23)12(7-19(27)29-18)10-30-21-24-20(25-26-21)15-8-13(22)4-5-17(15)28-2/h4-9H,3,10H2,1-2H3,(H,24,25,26). The lowest BCUT2D eigenvalue weighted by molar-refractivity contribution is 0.416. The summed E-state index contributed by atoms with van der Waals surface area (Å²) in [7, 11) is 1.58. The fourth-order valence-electron chi connectivity index (χ4n) is 3.12. The molecule has 0 spiro atoms. The van der Waals surface area contributed by atoms with E-state index in [9.17, 15) is 4.79 Å². The molecule has 1 N–H and O–H groups in total. The zero-order valence-electron chi connectivity index (χ0n) is 16.2. The third-order valence-corrected chi connectivity index (χ3v) is 6.10. The van der Waals surface area contributed by atoms with Gasteiger partial charge in [-0.1, -0.05) is 41.9 Å². The summed E-state index contributed by atoms with van der Waals surface area (Å²) in [6, 6.07) is 10.4. The summed E-state index contributed by atoms with van der Waals surface area (Å²) in [5.41, 5.74) is 2.59. The van der Waals surface area contributed by atoms with E-state index in [1.165, 1.54) is 17.8 Å². The van der Waals surface area contributed by atoms with Crippen molar-refractivity contribution in [1.82, 2.24) is 15.2 Å². The normalized spacial score (nSPS) is 11.2. The lowest BCUT2D eigenvalue weighted by atomic mass is 10.1. The minimum Gasteiger partial charge on any atom is -0.496 e. The molecule has 0 atom stereocenters. The van der Waals surface area contributed by atoms with Crippen LogP contribution < -0.4 is 10.4 Å². The third-order valence-electron chi connectivity index (χ3n) is 4.62. The summed E-state index contributed by atoms with van der Waals surface area (Å²) >= 11 is 13.9. The van der Waals surface area contributed by atoms with Gasteiger partial charge >= 0.3 is 5.63 Å². The number of hydrogen-bond acceptors (Lipinski definition) is 6. The van der Waals surface area contributed by atoms with Gasteiger partial charge in [0.05, 0.1) is 12.7 Å². The monoisotopic (exact) mass is 461 g/mol. The van der Waals surface area contributed by atoms with E-state index >= 15 is 0 Å². The molecule has 6 nitrogen and oxygen atoms in total. The molecule has 0 radical (unpaired) electrons. The fraction of sp³-hybridized carbons (Fsp3) is 0.190. The van der Waals surface area contributed by atoms with Crippen LogP contribution in [0.3, 0.4) is 0 Å². The first-order valence-electron chi connectivity index (χ1n) is 9.12. The van der Waals surface area contributed by atoms with Gasteiger partial charge in [0.25, 0.3) is 0 Å². The Morgan fingerprint density at radius 2 is 2.00 bits per heavy atom. The van der Waals surface area contributed by atoms with Crippen LogP contribution in [-0.4, -0.2) is 22.3 Å². The van der Waals surface area contributed by atoms with E-state index in [-0.39, 0.29) is 0 Å². The number of fused-ring (bicyclic) bond motifs is 1. The number of thioether (sulfide) groups is 1. The average molecular weight is 462 g/mol. The van der Waals surface area contributed by atoms with E-state index in [0.717, 1.165) is 22.9 Å². The third kappa shape index (κ3) is 4.19. The first kappa shape index (κ1) is 20.8. The van der Waals surface area contributed by atoms with Crippen LogP contribution >= 0.6 is 35.0 Å². The fourth-order valence-corrected chi connectivity index (χ4v) is 4.38. The molecule has 4 rings (SSSR count). The van der Waals surface area contributed by atoms with Crippen LogP contribution in [0.4, 0.5) is 0 Å². The first-order chi connectivity index (χ1) is 14.5. The van der Waals surface area contributed by atoms with Crippen LogP contribution in [0.15, 0.2) is 50.8 Å². The number of halogens is 2. The van der Waals surface area contributed by atoms with Gasteiger partial charge in [-0.15, -0.1) is 5.10 Å². The van der Waals surface area contributed by atoms with Gasteiger partial charge in [-0.05, 0) is 47.9 Å².